The van der Waals surface area contributed by atoms with Crippen LogP contribution in [0, 0.1) is 5.92 Å². The molecule has 0 rings (SSSR count). The second-order valence-corrected chi connectivity index (χ2v) is 8.87. The van der Waals surface area contributed by atoms with Gasteiger partial charge >= 0.3 is 11.9 Å². The molecule has 0 radical (unpaired) electrons. The van der Waals surface area contributed by atoms with E-state index in [0.29, 0.717) is 12.8 Å². The van der Waals surface area contributed by atoms with Gasteiger partial charge in [-0.25, -0.2) is 0 Å². The lowest BCUT2D eigenvalue weighted by atomic mass is 10.0. The van der Waals surface area contributed by atoms with E-state index >= 15 is 0 Å². The summed E-state index contributed by atoms with van der Waals surface area (Å²) in [7, 11) is -4.77. The minimum Gasteiger partial charge on any atom is -0.464 e. The fourth-order valence-corrected chi connectivity index (χ4v) is 3.51. The van der Waals surface area contributed by atoms with Gasteiger partial charge in [-0.15, -0.1) is 0 Å². The summed E-state index contributed by atoms with van der Waals surface area (Å²) >= 11 is 0. The SMILES string of the molecule is CCCCCC(CC)OC(=O)CC(C(=O)OCC(CC)CCCC)S(=O)(=O)O. The van der Waals surface area contributed by atoms with E-state index in [1.54, 1.807) is 0 Å². The van der Waals surface area contributed by atoms with E-state index in [-0.39, 0.29) is 18.6 Å². The number of hydrogen-bond acceptors (Lipinski definition) is 6. The van der Waals surface area contributed by atoms with E-state index in [0.717, 1.165) is 44.9 Å². The molecule has 1 N–H and O–H groups in total. The maximum Gasteiger partial charge on any atom is 0.327 e. The molecule has 0 aliphatic rings. The molecule has 0 heterocycles. The Labute approximate surface area is 170 Å². The van der Waals surface area contributed by atoms with Crippen molar-refractivity contribution in [3.05, 3.63) is 0 Å². The van der Waals surface area contributed by atoms with Crippen LogP contribution in [0.1, 0.15) is 91.9 Å². The third-order valence-corrected chi connectivity index (χ3v) is 5.94. The summed E-state index contributed by atoms with van der Waals surface area (Å²) in [4.78, 5) is 24.4. The van der Waals surface area contributed by atoms with Crippen LogP contribution in [-0.4, -0.2) is 42.9 Å². The lowest BCUT2D eigenvalue weighted by molar-refractivity contribution is -0.154. The smallest absolute Gasteiger partial charge is 0.327 e. The van der Waals surface area contributed by atoms with Crippen LogP contribution >= 0.6 is 0 Å². The van der Waals surface area contributed by atoms with Crippen LogP contribution in [0.15, 0.2) is 0 Å². The number of carbonyl (C=O) groups is 2. The van der Waals surface area contributed by atoms with Crippen molar-refractivity contribution in [2.45, 2.75) is 103 Å². The van der Waals surface area contributed by atoms with Gasteiger partial charge in [0.1, 0.15) is 6.10 Å². The molecule has 3 atom stereocenters. The molecule has 28 heavy (non-hydrogen) atoms. The van der Waals surface area contributed by atoms with Crippen molar-refractivity contribution in [1.29, 1.82) is 0 Å². The van der Waals surface area contributed by atoms with Gasteiger partial charge < -0.3 is 9.47 Å². The standard InChI is InChI=1S/C20H38O7S/c1-5-9-11-13-17(8-4)27-19(21)14-18(28(23,24)25)20(22)26-15-16(7-3)12-10-6-2/h16-18H,5-15H2,1-4H3,(H,23,24,25). The quantitative estimate of drug-likeness (QED) is 0.224. The van der Waals surface area contributed by atoms with Gasteiger partial charge in [0.05, 0.1) is 13.0 Å². The lowest BCUT2D eigenvalue weighted by Crippen LogP contribution is -2.36. The molecule has 8 heteroatoms. The van der Waals surface area contributed by atoms with Gasteiger partial charge in [0, 0.05) is 0 Å². The van der Waals surface area contributed by atoms with Crippen molar-refractivity contribution in [2.24, 2.45) is 5.92 Å². The molecule has 0 spiro atoms. The first-order valence-corrected chi connectivity index (χ1v) is 12.0. The molecule has 0 fully saturated rings. The second kappa shape index (κ2) is 14.8. The third kappa shape index (κ3) is 11.6. The highest BCUT2D eigenvalue weighted by atomic mass is 32.2. The van der Waals surface area contributed by atoms with E-state index in [1.807, 2.05) is 13.8 Å². The molecule has 0 aromatic carbocycles. The molecular weight excluding hydrogens is 384 g/mol. The van der Waals surface area contributed by atoms with Crippen LogP contribution in [0.3, 0.4) is 0 Å². The highest BCUT2D eigenvalue weighted by Crippen LogP contribution is 2.17. The number of hydrogen-bond donors (Lipinski definition) is 1. The van der Waals surface area contributed by atoms with Crippen LogP contribution in [0.2, 0.25) is 0 Å². The van der Waals surface area contributed by atoms with Crippen molar-refractivity contribution < 1.29 is 32.0 Å². The molecule has 0 aliphatic carbocycles. The lowest BCUT2D eigenvalue weighted by Gasteiger charge is -2.19. The van der Waals surface area contributed by atoms with E-state index < -0.39 is 33.7 Å². The molecule has 7 nitrogen and oxygen atoms in total. The number of rotatable bonds is 16. The van der Waals surface area contributed by atoms with E-state index in [2.05, 4.69) is 13.8 Å². The zero-order valence-electron chi connectivity index (χ0n) is 17.8. The Balaban J connectivity index is 4.80. The Kier molecular flexibility index (Phi) is 14.2. The predicted molar refractivity (Wildman–Crippen MR) is 109 cm³/mol. The molecule has 3 unspecified atom stereocenters. The predicted octanol–water partition coefficient (Wildman–Crippen LogP) is 4.29. The first kappa shape index (κ1) is 26.9. The van der Waals surface area contributed by atoms with Crippen molar-refractivity contribution >= 4 is 22.1 Å². The number of esters is 2. The Morgan fingerprint density at radius 2 is 1.57 bits per heavy atom. The van der Waals surface area contributed by atoms with E-state index in [9.17, 15) is 22.6 Å². The third-order valence-electron chi connectivity index (χ3n) is 4.86. The minimum atomic E-state index is -4.77. The van der Waals surface area contributed by atoms with Gasteiger partial charge in [-0.1, -0.05) is 59.8 Å². The molecule has 0 saturated carbocycles. The van der Waals surface area contributed by atoms with Crippen molar-refractivity contribution in [3.8, 4) is 0 Å². The molecule has 0 aromatic heterocycles. The summed E-state index contributed by atoms with van der Waals surface area (Å²) in [5.74, 6) is -1.80. The molecule has 0 saturated heterocycles. The Bertz CT molecular complexity index is 545. The van der Waals surface area contributed by atoms with Crippen LogP contribution in [0.4, 0.5) is 0 Å². The Morgan fingerprint density at radius 3 is 2.07 bits per heavy atom. The molecular formula is C20H38O7S. The van der Waals surface area contributed by atoms with Gasteiger partial charge in [0.15, 0.2) is 5.25 Å². The van der Waals surface area contributed by atoms with Crippen LogP contribution in [0.5, 0.6) is 0 Å². The van der Waals surface area contributed by atoms with Crippen molar-refractivity contribution in [3.63, 3.8) is 0 Å². The molecule has 0 aliphatic heterocycles. The fourth-order valence-electron chi connectivity index (χ4n) is 2.86. The highest BCUT2D eigenvalue weighted by Gasteiger charge is 2.36. The van der Waals surface area contributed by atoms with Crippen molar-refractivity contribution in [2.75, 3.05) is 6.61 Å². The molecule has 0 bridgehead atoms. The Morgan fingerprint density at radius 1 is 0.929 bits per heavy atom. The van der Waals surface area contributed by atoms with E-state index in [4.69, 9.17) is 9.47 Å². The fraction of sp³-hybridized carbons (Fsp3) is 0.900. The second-order valence-electron chi connectivity index (χ2n) is 7.27. The number of ether oxygens (including phenoxy) is 2. The van der Waals surface area contributed by atoms with Gasteiger partial charge in [0.25, 0.3) is 10.1 Å². The van der Waals surface area contributed by atoms with Crippen LogP contribution in [-0.2, 0) is 29.2 Å². The van der Waals surface area contributed by atoms with Crippen LogP contribution < -0.4 is 0 Å². The summed E-state index contributed by atoms with van der Waals surface area (Å²) in [6, 6.07) is 0. The van der Waals surface area contributed by atoms with Crippen LogP contribution in [0.25, 0.3) is 0 Å². The zero-order valence-corrected chi connectivity index (χ0v) is 18.6. The highest BCUT2D eigenvalue weighted by molar-refractivity contribution is 7.87. The summed E-state index contributed by atoms with van der Waals surface area (Å²) in [6.07, 6.45) is 6.85. The summed E-state index contributed by atoms with van der Waals surface area (Å²) in [5.41, 5.74) is 0. The first-order chi connectivity index (χ1) is 13.2. The summed E-state index contributed by atoms with van der Waals surface area (Å²) in [6.45, 7) is 8.05. The molecule has 0 amide bonds. The minimum absolute atomic E-state index is 0.0744. The monoisotopic (exact) mass is 422 g/mol. The largest absolute Gasteiger partial charge is 0.464 e. The number of unbranched alkanes of at least 4 members (excludes halogenated alkanes) is 3. The topological polar surface area (TPSA) is 107 Å². The molecule has 0 aromatic rings. The molecule has 166 valence electrons. The summed E-state index contributed by atoms with van der Waals surface area (Å²) < 4.78 is 43.0. The average Bonchev–Trinajstić information content (AvgIpc) is 2.64. The maximum absolute atomic E-state index is 12.2. The normalized spacial score (nSPS) is 14.9. The van der Waals surface area contributed by atoms with Gasteiger partial charge in [0.2, 0.25) is 0 Å². The van der Waals surface area contributed by atoms with Gasteiger partial charge in [-0.2, -0.15) is 8.42 Å². The van der Waals surface area contributed by atoms with Crippen molar-refractivity contribution in [1.82, 2.24) is 0 Å². The number of carbonyl (C=O) groups excluding carboxylic acids is 2. The summed E-state index contributed by atoms with van der Waals surface area (Å²) in [5, 5.41) is -1.95. The maximum atomic E-state index is 12.2. The Hall–Kier alpha value is -1.15. The zero-order chi connectivity index (χ0) is 21.6. The average molecular weight is 423 g/mol. The van der Waals surface area contributed by atoms with Gasteiger partial charge in [-0.05, 0) is 31.6 Å². The first-order valence-electron chi connectivity index (χ1n) is 10.5. The van der Waals surface area contributed by atoms with Gasteiger partial charge in [-0.3, -0.25) is 14.1 Å². The van der Waals surface area contributed by atoms with E-state index in [1.165, 1.54) is 0 Å².